The lowest BCUT2D eigenvalue weighted by Gasteiger charge is -2.30. The minimum Gasteiger partial charge on any atom is -0.390 e. The Kier molecular flexibility index (Phi) is 7.84. The van der Waals surface area contributed by atoms with Crippen LogP contribution in [0.15, 0.2) is 0 Å². The van der Waals surface area contributed by atoms with E-state index in [9.17, 15) is 24.9 Å². The third kappa shape index (κ3) is 5.23. The fourth-order valence-electron chi connectivity index (χ4n) is 4.12. The number of hydrogen-bond donors (Lipinski definition) is 5. The number of ether oxygens (including phenoxy) is 1. The van der Waals surface area contributed by atoms with Gasteiger partial charge in [0.25, 0.3) is 5.91 Å². The van der Waals surface area contributed by atoms with Gasteiger partial charge in [0.1, 0.15) is 18.2 Å². The second-order valence-electron chi connectivity index (χ2n) is 8.82. The zero-order chi connectivity index (χ0) is 21.1. The number of nitrogens with one attached hydrogen (secondary N) is 2. The molecular weight excluding hydrogens is 364 g/mol. The van der Waals surface area contributed by atoms with Crippen LogP contribution >= 0.6 is 0 Å². The maximum atomic E-state index is 12.6. The summed E-state index contributed by atoms with van der Waals surface area (Å²) in [6.45, 7) is 6.90. The quantitative estimate of drug-likeness (QED) is 0.369. The Bertz CT molecular complexity index is 555. The lowest BCUT2D eigenvalue weighted by Crippen LogP contribution is -2.55. The highest BCUT2D eigenvalue weighted by Crippen LogP contribution is 2.54. The van der Waals surface area contributed by atoms with Crippen LogP contribution in [0.1, 0.15) is 52.9 Å². The van der Waals surface area contributed by atoms with Gasteiger partial charge < -0.3 is 30.7 Å². The molecule has 162 valence electrons. The highest BCUT2D eigenvalue weighted by atomic mass is 16.5. The van der Waals surface area contributed by atoms with Crippen LogP contribution in [0.3, 0.4) is 0 Å². The molecule has 1 aliphatic carbocycles. The lowest BCUT2D eigenvalue weighted by molar-refractivity contribution is -0.154. The molecule has 28 heavy (non-hydrogen) atoms. The first-order valence-electron chi connectivity index (χ1n) is 10.3. The van der Waals surface area contributed by atoms with E-state index < -0.39 is 36.4 Å². The van der Waals surface area contributed by atoms with Crippen molar-refractivity contribution in [2.24, 2.45) is 17.3 Å². The van der Waals surface area contributed by atoms with Crippen molar-refractivity contribution >= 4 is 11.8 Å². The van der Waals surface area contributed by atoms with E-state index in [1.807, 2.05) is 0 Å². The molecule has 2 rings (SSSR count). The molecule has 2 fully saturated rings. The first-order valence-corrected chi connectivity index (χ1v) is 10.3. The number of aliphatic hydroxyl groups excluding tert-OH is 3. The van der Waals surface area contributed by atoms with Gasteiger partial charge in [-0.1, -0.05) is 27.2 Å². The number of hydrogen-bond acceptors (Lipinski definition) is 6. The van der Waals surface area contributed by atoms with Crippen LogP contribution in [0.2, 0.25) is 0 Å². The molecule has 1 heterocycles. The Hall–Kier alpha value is -1.22. The summed E-state index contributed by atoms with van der Waals surface area (Å²) >= 11 is 0. The van der Waals surface area contributed by atoms with Crippen molar-refractivity contribution in [1.29, 1.82) is 0 Å². The molecule has 7 atom stereocenters. The van der Waals surface area contributed by atoms with Gasteiger partial charge in [0.2, 0.25) is 5.91 Å². The second-order valence-corrected chi connectivity index (χ2v) is 8.82. The number of carbonyl (C=O) groups is 2. The van der Waals surface area contributed by atoms with Crippen molar-refractivity contribution in [2.45, 2.75) is 83.3 Å². The molecule has 0 unspecified atom stereocenters. The van der Waals surface area contributed by atoms with Crippen molar-refractivity contribution in [3.05, 3.63) is 0 Å². The van der Waals surface area contributed by atoms with Gasteiger partial charge in [0.05, 0.1) is 6.10 Å². The first-order chi connectivity index (χ1) is 13.1. The summed E-state index contributed by atoms with van der Waals surface area (Å²) in [7, 11) is 1.25. The van der Waals surface area contributed by atoms with Crippen LogP contribution in [0.25, 0.3) is 0 Å². The van der Waals surface area contributed by atoms with Crippen molar-refractivity contribution in [1.82, 2.24) is 10.6 Å². The van der Waals surface area contributed by atoms with Gasteiger partial charge >= 0.3 is 0 Å². The molecule has 0 aromatic rings. The fraction of sp³-hybridized carbons (Fsp3) is 0.900. The van der Waals surface area contributed by atoms with Crippen LogP contribution in [0, 0.1) is 17.3 Å². The third-order valence-corrected chi connectivity index (χ3v) is 6.57. The molecule has 0 bridgehead atoms. The fourth-order valence-corrected chi connectivity index (χ4v) is 4.12. The zero-order valence-electron chi connectivity index (χ0n) is 17.4. The number of carbonyl (C=O) groups excluding carboxylic acids is 2. The summed E-state index contributed by atoms with van der Waals surface area (Å²) in [5, 5.41) is 36.8. The average molecular weight is 401 g/mol. The van der Waals surface area contributed by atoms with E-state index in [0.717, 1.165) is 25.7 Å². The summed E-state index contributed by atoms with van der Waals surface area (Å²) in [5.41, 5.74) is 0.0429. The Morgan fingerprint density at radius 3 is 2.57 bits per heavy atom. The molecule has 2 aliphatic rings. The van der Waals surface area contributed by atoms with E-state index in [4.69, 9.17) is 4.74 Å². The second kappa shape index (κ2) is 9.52. The van der Waals surface area contributed by atoms with Crippen LogP contribution < -0.4 is 10.6 Å². The molecule has 5 N–H and O–H groups in total. The van der Waals surface area contributed by atoms with Crippen molar-refractivity contribution in [3.63, 3.8) is 0 Å². The Morgan fingerprint density at radius 2 is 1.96 bits per heavy atom. The van der Waals surface area contributed by atoms with Gasteiger partial charge in [-0.3, -0.25) is 9.59 Å². The van der Waals surface area contributed by atoms with E-state index in [0.29, 0.717) is 13.0 Å². The molecule has 1 aliphatic heterocycles. The van der Waals surface area contributed by atoms with Crippen LogP contribution in [0.4, 0.5) is 0 Å². The van der Waals surface area contributed by atoms with E-state index in [-0.39, 0.29) is 23.2 Å². The SMILES string of the molecule is CCC(C)(C)[C@@H]1C[C@H]1[C@@H](O)[C@H](O)[C@@H](O)[C@@H](OC)C(=O)N[C@H]1CCCCNC1=O. The molecule has 1 saturated carbocycles. The molecule has 2 amide bonds. The maximum Gasteiger partial charge on any atom is 0.252 e. The number of aliphatic hydroxyl groups is 3. The van der Waals surface area contributed by atoms with Gasteiger partial charge in [0.15, 0.2) is 6.10 Å². The summed E-state index contributed by atoms with van der Waals surface area (Å²) in [5.74, 6) is -0.797. The zero-order valence-corrected chi connectivity index (χ0v) is 17.4. The normalized spacial score (nSPS) is 29.8. The molecule has 0 radical (unpaired) electrons. The molecule has 0 aromatic heterocycles. The highest BCUT2D eigenvalue weighted by Gasteiger charge is 2.53. The van der Waals surface area contributed by atoms with E-state index in [1.54, 1.807) is 0 Å². The summed E-state index contributed by atoms with van der Waals surface area (Å²) in [6.07, 6.45) is -1.76. The average Bonchev–Trinajstić information content (AvgIpc) is 3.48. The standard InChI is InChI=1S/C20H36N2O6/c1-5-20(2,3)12-10-11(12)14(23)15(24)16(25)17(28-4)19(27)22-13-8-6-7-9-21-18(13)26/h11-17,23-25H,5-10H2,1-4H3,(H,21,26)(H,22,27)/t11-,12-,13+,14-,15+,16-,17-/m1/s1. The maximum absolute atomic E-state index is 12.6. The van der Waals surface area contributed by atoms with Crippen molar-refractivity contribution in [3.8, 4) is 0 Å². The predicted molar refractivity (Wildman–Crippen MR) is 103 cm³/mol. The largest absolute Gasteiger partial charge is 0.390 e. The topological polar surface area (TPSA) is 128 Å². The van der Waals surface area contributed by atoms with Gasteiger partial charge in [0, 0.05) is 13.7 Å². The van der Waals surface area contributed by atoms with Gasteiger partial charge in [-0.25, -0.2) is 0 Å². The lowest BCUT2D eigenvalue weighted by atomic mass is 9.82. The minimum atomic E-state index is -1.60. The monoisotopic (exact) mass is 400 g/mol. The summed E-state index contributed by atoms with van der Waals surface area (Å²) in [6, 6.07) is -0.694. The highest BCUT2D eigenvalue weighted by molar-refractivity contribution is 5.89. The molecule has 8 heteroatoms. The molecule has 0 aromatic carbocycles. The smallest absolute Gasteiger partial charge is 0.252 e. The Morgan fingerprint density at radius 1 is 1.29 bits per heavy atom. The van der Waals surface area contributed by atoms with Crippen LogP contribution in [0.5, 0.6) is 0 Å². The Balaban J connectivity index is 1.96. The molecule has 8 nitrogen and oxygen atoms in total. The van der Waals surface area contributed by atoms with E-state index in [2.05, 4.69) is 31.4 Å². The number of rotatable bonds is 9. The number of methoxy groups -OCH3 is 1. The first kappa shape index (κ1) is 23.1. The number of amides is 2. The van der Waals surface area contributed by atoms with E-state index in [1.165, 1.54) is 7.11 Å². The molecular formula is C20H36N2O6. The van der Waals surface area contributed by atoms with Crippen molar-refractivity contribution < 1.29 is 29.6 Å². The summed E-state index contributed by atoms with van der Waals surface area (Å²) < 4.78 is 5.10. The molecule has 1 saturated heterocycles. The third-order valence-electron chi connectivity index (χ3n) is 6.57. The van der Waals surface area contributed by atoms with E-state index >= 15 is 0 Å². The molecule has 0 spiro atoms. The Labute approximate surface area is 167 Å². The van der Waals surface area contributed by atoms with Crippen molar-refractivity contribution in [2.75, 3.05) is 13.7 Å². The summed E-state index contributed by atoms with van der Waals surface area (Å²) in [4.78, 5) is 24.6. The van der Waals surface area contributed by atoms with Gasteiger partial charge in [-0.15, -0.1) is 0 Å². The predicted octanol–water partition coefficient (Wildman–Crippen LogP) is -0.0587. The minimum absolute atomic E-state index is 0.0429. The van der Waals surface area contributed by atoms with Gasteiger partial charge in [-0.05, 0) is 42.9 Å². The van der Waals surface area contributed by atoms with Crippen LogP contribution in [-0.4, -0.2) is 71.2 Å². The van der Waals surface area contributed by atoms with Crippen LogP contribution in [-0.2, 0) is 14.3 Å². The van der Waals surface area contributed by atoms with Gasteiger partial charge in [-0.2, -0.15) is 0 Å².